The molecule has 17 heavy (non-hydrogen) atoms. The van der Waals surface area contributed by atoms with Crippen LogP contribution >= 0.6 is 23.2 Å². The molecule has 0 amide bonds. The molecule has 0 fully saturated rings. The Hall–Kier alpha value is -0.750. The predicted molar refractivity (Wildman–Crippen MR) is 71.6 cm³/mol. The first-order chi connectivity index (χ1) is 7.89. The first kappa shape index (κ1) is 14.3. The van der Waals surface area contributed by atoms with Crippen molar-refractivity contribution in [2.24, 2.45) is 5.84 Å². The highest BCUT2D eigenvalue weighted by Gasteiger charge is 2.20. The molecule has 0 aliphatic heterocycles. The lowest BCUT2D eigenvalue weighted by Crippen LogP contribution is -2.36. The van der Waals surface area contributed by atoms with Crippen molar-refractivity contribution in [2.75, 3.05) is 24.5 Å². The van der Waals surface area contributed by atoms with E-state index in [1.807, 2.05) is 13.8 Å². The molecule has 0 saturated heterocycles. The van der Waals surface area contributed by atoms with E-state index < -0.39 is 0 Å². The Morgan fingerprint density at radius 1 is 1.35 bits per heavy atom. The average molecular weight is 279 g/mol. The first-order valence-electron chi connectivity index (χ1n) is 4.99. The van der Waals surface area contributed by atoms with E-state index in [9.17, 15) is 0 Å². The second kappa shape index (κ2) is 5.73. The molecule has 1 rings (SSSR count). The molecule has 5 nitrogen and oxygen atoms in total. The second-order valence-electron chi connectivity index (χ2n) is 4.24. The highest BCUT2D eigenvalue weighted by atomic mass is 35.5. The van der Waals surface area contributed by atoms with E-state index >= 15 is 0 Å². The molecule has 1 heterocycles. The lowest BCUT2D eigenvalue weighted by atomic mass is 10.1. The number of nitrogen functional groups attached to an aromatic ring is 1. The monoisotopic (exact) mass is 278 g/mol. The maximum Gasteiger partial charge on any atom is 0.161 e. The standard InChI is InChI=1S/C10H16Cl2N4O/c1-10(2,5-17-3)15-8-6(11)4-7(12)9(14-8)16-13/h4H,5,13H2,1-3H3,(H2,14,15,16). The van der Waals surface area contributed by atoms with Crippen LogP contribution in [0.2, 0.25) is 10.0 Å². The lowest BCUT2D eigenvalue weighted by molar-refractivity contribution is 0.158. The number of nitrogens with two attached hydrogens (primary N) is 1. The summed E-state index contributed by atoms with van der Waals surface area (Å²) in [6, 6.07) is 1.58. The second-order valence-corrected chi connectivity index (χ2v) is 5.05. The normalized spacial score (nSPS) is 11.4. The van der Waals surface area contributed by atoms with Gasteiger partial charge in [-0.1, -0.05) is 23.2 Å². The Morgan fingerprint density at radius 2 is 1.94 bits per heavy atom. The summed E-state index contributed by atoms with van der Waals surface area (Å²) in [7, 11) is 1.63. The Morgan fingerprint density at radius 3 is 2.47 bits per heavy atom. The minimum atomic E-state index is -0.301. The summed E-state index contributed by atoms with van der Waals surface area (Å²) in [5.74, 6) is 6.17. The van der Waals surface area contributed by atoms with Crippen LogP contribution in [0.1, 0.15) is 13.8 Å². The minimum Gasteiger partial charge on any atom is -0.382 e. The number of pyridine rings is 1. The Labute approximate surface area is 111 Å². The van der Waals surface area contributed by atoms with Crippen molar-refractivity contribution in [3.8, 4) is 0 Å². The minimum absolute atomic E-state index is 0.301. The van der Waals surface area contributed by atoms with Gasteiger partial charge in [-0.15, -0.1) is 0 Å². The van der Waals surface area contributed by atoms with E-state index in [1.165, 1.54) is 0 Å². The number of methoxy groups -OCH3 is 1. The van der Waals surface area contributed by atoms with Gasteiger partial charge in [0.15, 0.2) is 5.82 Å². The molecule has 0 radical (unpaired) electrons. The number of aromatic nitrogens is 1. The van der Waals surface area contributed by atoms with Crippen LogP contribution in [0, 0.1) is 0 Å². The summed E-state index contributed by atoms with van der Waals surface area (Å²) in [6.45, 7) is 4.45. The van der Waals surface area contributed by atoms with Crippen LogP contribution in [-0.2, 0) is 4.74 Å². The van der Waals surface area contributed by atoms with Gasteiger partial charge in [-0.25, -0.2) is 10.8 Å². The van der Waals surface area contributed by atoms with Crippen molar-refractivity contribution in [3.05, 3.63) is 16.1 Å². The van der Waals surface area contributed by atoms with Crippen LogP contribution in [0.25, 0.3) is 0 Å². The summed E-state index contributed by atoms with van der Waals surface area (Å²) >= 11 is 11.9. The molecule has 96 valence electrons. The fourth-order valence-corrected chi connectivity index (χ4v) is 1.83. The third kappa shape index (κ3) is 3.89. The van der Waals surface area contributed by atoms with Gasteiger partial charge >= 0.3 is 0 Å². The number of rotatable bonds is 5. The summed E-state index contributed by atoms with van der Waals surface area (Å²) in [5.41, 5.74) is 2.11. The number of anilines is 2. The molecule has 0 aliphatic rings. The maximum atomic E-state index is 6.05. The van der Waals surface area contributed by atoms with Crippen molar-refractivity contribution in [3.63, 3.8) is 0 Å². The van der Waals surface area contributed by atoms with Gasteiger partial charge in [0.2, 0.25) is 0 Å². The van der Waals surface area contributed by atoms with Crippen LogP contribution in [0.15, 0.2) is 6.07 Å². The van der Waals surface area contributed by atoms with E-state index in [1.54, 1.807) is 13.2 Å². The first-order valence-corrected chi connectivity index (χ1v) is 5.75. The van der Waals surface area contributed by atoms with Gasteiger partial charge in [0.05, 0.1) is 22.2 Å². The fraction of sp³-hybridized carbons (Fsp3) is 0.500. The SMILES string of the molecule is COCC(C)(C)Nc1nc(NN)c(Cl)cc1Cl. The molecule has 0 bridgehead atoms. The van der Waals surface area contributed by atoms with Crippen molar-refractivity contribution < 1.29 is 4.74 Å². The summed E-state index contributed by atoms with van der Waals surface area (Å²) in [6.07, 6.45) is 0. The molecular formula is C10H16Cl2N4O. The number of hydrazine groups is 1. The third-order valence-electron chi connectivity index (χ3n) is 2.03. The van der Waals surface area contributed by atoms with Crippen LogP contribution in [0.3, 0.4) is 0 Å². The van der Waals surface area contributed by atoms with E-state index in [0.717, 1.165) is 0 Å². The van der Waals surface area contributed by atoms with Gasteiger partial charge in [0, 0.05) is 7.11 Å². The number of halogens is 2. The van der Waals surface area contributed by atoms with E-state index in [-0.39, 0.29) is 5.54 Å². The molecule has 0 atom stereocenters. The van der Waals surface area contributed by atoms with E-state index in [4.69, 9.17) is 33.8 Å². The van der Waals surface area contributed by atoms with Gasteiger partial charge in [0.25, 0.3) is 0 Å². The number of nitrogens with zero attached hydrogens (tertiary/aromatic N) is 1. The molecule has 0 saturated carbocycles. The molecule has 1 aromatic rings. The highest BCUT2D eigenvalue weighted by Crippen LogP contribution is 2.30. The largest absolute Gasteiger partial charge is 0.382 e. The average Bonchev–Trinajstić information content (AvgIpc) is 2.21. The molecule has 7 heteroatoms. The van der Waals surface area contributed by atoms with Gasteiger partial charge in [0.1, 0.15) is 5.82 Å². The van der Waals surface area contributed by atoms with Gasteiger partial charge in [-0.2, -0.15) is 0 Å². The van der Waals surface area contributed by atoms with Crippen LogP contribution in [0.4, 0.5) is 11.6 Å². The summed E-state index contributed by atoms with van der Waals surface area (Å²) in [5, 5.41) is 3.96. The van der Waals surface area contributed by atoms with Crippen molar-refractivity contribution >= 4 is 34.8 Å². The number of ether oxygens (including phenoxy) is 1. The fourth-order valence-electron chi connectivity index (χ4n) is 1.37. The number of nitrogens with one attached hydrogen (secondary N) is 2. The van der Waals surface area contributed by atoms with Crippen molar-refractivity contribution in [2.45, 2.75) is 19.4 Å². The quantitative estimate of drug-likeness (QED) is 0.570. The summed E-state index contributed by atoms with van der Waals surface area (Å²) < 4.78 is 5.10. The molecule has 0 aromatic carbocycles. The lowest BCUT2D eigenvalue weighted by Gasteiger charge is -2.26. The highest BCUT2D eigenvalue weighted by molar-refractivity contribution is 6.37. The Balaban J connectivity index is 2.98. The van der Waals surface area contributed by atoms with Crippen LogP contribution in [0.5, 0.6) is 0 Å². The predicted octanol–water partition coefficient (Wildman–Crippen LogP) is 2.51. The van der Waals surface area contributed by atoms with Crippen molar-refractivity contribution in [1.29, 1.82) is 0 Å². The molecule has 4 N–H and O–H groups in total. The Kier molecular flexibility index (Phi) is 4.82. The molecule has 1 aromatic heterocycles. The number of hydrogen-bond acceptors (Lipinski definition) is 5. The molecule has 0 spiro atoms. The molecular weight excluding hydrogens is 263 g/mol. The summed E-state index contributed by atoms with van der Waals surface area (Å²) in [4.78, 5) is 4.19. The van der Waals surface area contributed by atoms with Crippen molar-refractivity contribution in [1.82, 2.24) is 4.98 Å². The van der Waals surface area contributed by atoms with Gasteiger partial charge in [-0.3, -0.25) is 0 Å². The molecule has 0 aliphatic carbocycles. The topological polar surface area (TPSA) is 72.2 Å². The number of hydrogen-bond donors (Lipinski definition) is 3. The molecule has 0 unspecified atom stereocenters. The smallest absolute Gasteiger partial charge is 0.161 e. The van der Waals surface area contributed by atoms with Crippen LogP contribution in [-0.4, -0.2) is 24.2 Å². The van der Waals surface area contributed by atoms with E-state index in [2.05, 4.69) is 15.7 Å². The third-order valence-corrected chi connectivity index (χ3v) is 2.60. The van der Waals surface area contributed by atoms with Gasteiger partial charge < -0.3 is 15.5 Å². The zero-order valence-electron chi connectivity index (χ0n) is 9.97. The Bertz CT molecular complexity index is 398. The maximum absolute atomic E-state index is 6.05. The zero-order valence-corrected chi connectivity index (χ0v) is 11.5. The van der Waals surface area contributed by atoms with Gasteiger partial charge in [-0.05, 0) is 19.9 Å². The van der Waals surface area contributed by atoms with Crippen LogP contribution < -0.4 is 16.6 Å². The zero-order chi connectivity index (χ0) is 13.1. The van der Waals surface area contributed by atoms with E-state index in [0.29, 0.717) is 28.3 Å².